The maximum absolute atomic E-state index is 13.3. The lowest BCUT2D eigenvalue weighted by molar-refractivity contribution is -0.165. The molecule has 10 heteroatoms. The first kappa shape index (κ1) is 26.2. The van der Waals surface area contributed by atoms with E-state index in [-0.39, 0.29) is 31.4 Å². The standard InChI is InChI=1S/C26H37N5O5/c1-19-16-21(29-28-19)24(34)31-12-3-2-7-26(25(35)36-18-23(33)22(32)6-13-31)8-14-30(15-9-26)17-20-4-10-27-11-5-20/h4-5,10-11,16,22-23,32-33H,2-3,6-9,12-15,17-18H2,1H3,(H,28,29)/t22-,23+/m0/s1. The molecule has 10 nitrogen and oxygen atoms in total. The van der Waals surface area contributed by atoms with E-state index < -0.39 is 17.6 Å². The van der Waals surface area contributed by atoms with Crippen LogP contribution in [0.5, 0.6) is 0 Å². The highest BCUT2D eigenvalue weighted by Gasteiger charge is 2.42. The van der Waals surface area contributed by atoms with Gasteiger partial charge in [0.15, 0.2) is 0 Å². The van der Waals surface area contributed by atoms with E-state index in [1.807, 2.05) is 19.1 Å². The molecule has 2 fully saturated rings. The van der Waals surface area contributed by atoms with Crippen molar-refractivity contribution < 1.29 is 24.5 Å². The molecule has 0 aliphatic carbocycles. The highest BCUT2D eigenvalue weighted by atomic mass is 16.5. The van der Waals surface area contributed by atoms with E-state index in [1.54, 1.807) is 23.4 Å². The topological polar surface area (TPSA) is 132 Å². The maximum Gasteiger partial charge on any atom is 0.312 e. The molecule has 3 N–H and O–H groups in total. The average molecular weight is 500 g/mol. The normalized spacial score (nSPS) is 24.4. The lowest BCUT2D eigenvalue weighted by Crippen LogP contribution is -2.45. The van der Waals surface area contributed by atoms with Gasteiger partial charge in [0.25, 0.3) is 5.91 Å². The molecule has 2 aromatic heterocycles. The Labute approximate surface area is 211 Å². The Morgan fingerprint density at radius 2 is 1.86 bits per heavy atom. The molecule has 2 aliphatic heterocycles. The van der Waals surface area contributed by atoms with E-state index in [0.717, 1.165) is 38.2 Å². The van der Waals surface area contributed by atoms with E-state index in [9.17, 15) is 19.8 Å². The van der Waals surface area contributed by atoms with Crippen LogP contribution < -0.4 is 0 Å². The second-order valence-corrected chi connectivity index (χ2v) is 10.1. The number of aliphatic hydroxyl groups excluding tert-OH is 2. The van der Waals surface area contributed by atoms with Gasteiger partial charge in [-0.2, -0.15) is 5.10 Å². The van der Waals surface area contributed by atoms with Gasteiger partial charge in [0.05, 0.1) is 11.5 Å². The molecule has 2 aliphatic rings. The number of nitrogens with one attached hydrogen (secondary N) is 1. The lowest BCUT2D eigenvalue weighted by atomic mass is 9.74. The van der Waals surface area contributed by atoms with E-state index >= 15 is 0 Å². The zero-order valence-electron chi connectivity index (χ0n) is 20.9. The smallest absolute Gasteiger partial charge is 0.312 e. The Kier molecular flexibility index (Phi) is 8.71. The Morgan fingerprint density at radius 1 is 1.11 bits per heavy atom. The average Bonchev–Trinajstić information content (AvgIpc) is 3.33. The zero-order valence-corrected chi connectivity index (χ0v) is 20.9. The number of H-pyrrole nitrogens is 1. The Hall–Kier alpha value is -2.82. The van der Waals surface area contributed by atoms with Gasteiger partial charge in [-0.15, -0.1) is 0 Å². The summed E-state index contributed by atoms with van der Waals surface area (Å²) in [7, 11) is 0. The number of rotatable bonds is 3. The van der Waals surface area contributed by atoms with Crippen LogP contribution in [0.2, 0.25) is 0 Å². The van der Waals surface area contributed by atoms with E-state index in [0.29, 0.717) is 31.5 Å². The third kappa shape index (κ3) is 6.48. The van der Waals surface area contributed by atoms with Crippen molar-refractivity contribution >= 4 is 11.9 Å². The van der Waals surface area contributed by atoms with E-state index in [4.69, 9.17) is 4.74 Å². The van der Waals surface area contributed by atoms with Crippen LogP contribution in [0.4, 0.5) is 0 Å². The second-order valence-electron chi connectivity index (χ2n) is 10.1. The molecule has 1 amide bonds. The van der Waals surface area contributed by atoms with E-state index in [1.165, 1.54) is 5.56 Å². The largest absolute Gasteiger partial charge is 0.462 e. The molecule has 2 atom stereocenters. The number of esters is 1. The van der Waals surface area contributed by atoms with Crippen molar-refractivity contribution in [3.63, 3.8) is 0 Å². The van der Waals surface area contributed by atoms with Crippen LogP contribution in [0.1, 0.15) is 60.3 Å². The van der Waals surface area contributed by atoms with Crippen molar-refractivity contribution in [1.29, 1.82) is 0 Å². The lowest BCUT2D eigenvalue weighted by Gasteiger charge is -2.40. The van der Waals surface area contributed by atoms with Crippen molar-refractivity contribution in [3.05, 3.63) is 47.5 Å². The summed E-state index contributed by atoms with van der Waals surface area (Å²) in [6, 6.07) is 5.71. The number of nitrogens with zero attached hydrogens (tertiary/aromatic N) is 4. The van der Waals surface area contributed by atoms with Crippen LogP contribution in [-0.4, -0.2) is 92.1 Å². The van der Waals surface area contributed by atoms with Gasteiger partial charge in [-0.1, -0.05) is 6.42 Å². The molecular formula is C26H37N5O5. The fourth-order valence-corrected chi connectivity index (χ4v) is 5.12. The van der Waals surface area contributed by atoms with Gasteiger partial charge in [0, 0.05) is 37.7 Å². The quantitative estimate of drug-likeness (QED) is 0.544. The number of cyclic esters (lactones) is 1. The number of ether oxygens (including phenoxy) is 1. The molecule has 2 aromatic rings. The summed E-state index contributed by atoms with van der Waals surface area (Å²) in [6.07, 6.45) is 4.95. The summed E-state index contributed by atoms with van der Waals surface area (Å²) < 4.78 is 5.56. The van der Waals surface area contributed by atoms with Gasteiger partial charge in [0.1, 0.15) is 18.4 Å². The summed E-state index contributed by atoms with van der Waals surface area (Å²) in [5, 5.41) is 27.8. The third-order valence-electron chi connectivity index (χ3n) is 7.47. The van der Waals surface area contributed by atoms with Crippen molar-refractivity contribution in [3.8, 4) is 0 Å². The molecule has 0 saturated carbocycles. The number of carbonyl (C=O) groups excluding carboxylic acids is 2. The van der Waals surface area contributed by atoms with Gasteiger partial charge in [-0.05, 0) is 75.9 Å². The minimum absolute atomic E-state index is 0.184. The van der Waals surface area contributed by atoms with Crippen molar-refractivity contribution in [2.24, 2.45) is 5.41 Å². The molecule has 0 aromatic carbocycles. The number of aryl methyl sites for hydroxylation is 1. The van der Waals surface area contributed by atoms with Crippen molar-refractivity contribution in [2.45, 2.75) is 64.2 Å². The van der Waals surface area contributed by atoms with Gasteiger partial charge in [-0.25, -0.2) is 0 Å². The van der Waals surface area contributed by atoms with Crippen LogP contribution in [0, 0.1) is 12.3 Å². The third-order valence-corrected chi connectivity index (χ3v) is 7.47. The first-order valence-corrected chi connectivity index (χ1v) is 12.8. The molecule has 2 saturated heterocycles. The van der Waals surface area contributed by atoms with Gasteiger partial charge >= 0.3 is 5.97 Å². The summed E-state index contributed by atoms with van der Waals surface area (Å²) in [4.78, 5) is 34.4. The number of aromatic amines is 1. The Bertz CT molecular complexity index is 1010. The fraction of sp³-hybridized carbons (Fsp3) is 0.615. The van der Waals surface area contributed by atoms with Crippen LogP contribution in [0.15, 0.2) is 30.6 Å². The number of aliphatic hydroxyl groups is 2. The minimum atomic E-state index is -1.21. The molecule has 0 unspecified atom stereocenters. The monoisotopic (exact) mass is 499 g/mol. The van der Waals surface area contributed by atoms with Crippen LogP contribution in [-0.2, 0) is 16.1 Å². The summed E-state index contributed by atoms with van der Waals surface area (Å²) >= 11 is 0. The SMILES string of the molecule is Cc1cc(C(=O)N2CCCCC3(CCN(Cc4ccncc4)CC3)C(=O)OC[C@@H](O)[C@@H](O)CC2)n[nH]1. The first-order valence-electron chi connectivity index (χ1n) is 12.8. The predicted octanol–water partition coefficient (Wildman–Crippen LogP) is 1.68. The number of hydrogen-bond acceptors (Lipinski definition) is 8. The van der Waals surface area contributed by atoms with Crippen LogP contribution >= 0.6 is 0 Å². The number of amides is 1. The van der Waals surface area contributed by atoms with Gasteiger partial charge in [-0.3, -0.25) is 24.6 Å². The summed E-state index contributed by atoms with van der Waals surface area (Å²) in [6.45, 7) is 4.70. The number of piperidine rings is 1. The molecule has 0 bridgehead atoms. The number of aromatic nitrogens is 3. The Balaban J connectivity index is 1.42. The number of pyridine rings is 1. The number of carbonyl (C=O) groups is 2. The molecule has 36 heavy (non-hydrogen) atoms. The second kappa shape index (κ2) is 11.9. The summed E-state index contributed by atoms with van der Waals surface area (Å²) in [5.41, 5.74) is 1.70. The zero-order chi connectivity index (χ0) is 25.5. The summed E-state index contributed by atoms with van der Waals surface area (Å²) in [5.74, 6) is -0.501. The first-order chi connectivity index (χ1) is 17.4. The molecule has 196 valence electrons. The highest BCUT2D eigenvalue weighted by molar-refractivity contribution is 5.92. The number of likely N-dealkylation sites (tertiary alicyclic amines) is 1. The molecular weight excluding hydrogens is 462 g/mol. The maximum atomic E-state index is 13.3. The van der Waals surface area contributed by atoms with Crippen LogP contribution in [0.25, 0.3) is 0 Å². The van der Waals surface area contributed by atoms with Gasteiger partial charge in [0.2, 0.25) is 0 Å². The van der Waals surface area contributed by atoms with Crippen LogP contribution in [0.3, 0.4) is 0 Å². The molecule has 4 rings (SSSR count). The van der Waals surface area contributed by atoms with E-state index in [2.05, 4.69) is 20.1 Å². The van der Waals surface area contributed by atoms with Crippen molar-refractivity contribution in [1.82, 2.24) is 25.0 Å². The van der Waals surface area contributed by atoms with Gasteiger partial charge < -0.3 is 19.8 Å². The molecule has 0 radical (unpaired) electrons. The highest BCUT2D eigenvalue weighted by Crippen LogP contribution is 2.38. The Morgan fingerprint density at radius 3 is 2.56 bits per heavy atom. The number of hydrogen-bond donors (Lipinski definition) is 3. The predicted molar refractivity (Wildman–Crippen MR) is 132 cm³/mol. The fourth-order valence-electron chi connectivity index (χ4n) is 5.12. The minimum Gasteiger partial charge on any atom is -0.462 e. The van der Waals surface area contributed by atoms with Crippen molar-refractivity contribution in [2.75, 3.05) is 32.8 Å². The molecule has 4 heterocycles. The molecule has 1 spiro atoms.